The number of halogens is 1. The Morgan fingerprint density at radius 1 is 1.53 bits per heavy atom. The standard InChI is InChI=1S/C11H14FNO2/c1-15-11(14)7-9(13)6-8-4-2-3-5-10(8)12/h2-5,9H,6-7,13H2,1H3/t9-/m1/s1. The third-order valence-corrected chi connectivity index (χ3v) is 2.10. The van der Waals surface area contributed by atoms with Crippen LogP contribution in [0.2, 0.25) is 0 Å². The number of benzene rings is 1. The van der Waals surface area contributed by atoms with Gasteiger partial charge >= 0.3 is 5.97 Å². The lowest BCUT2D eigenvalue weighted by molar-refractivity contribution is -0.140. The SMILES string of the molecule is COC(=O)C[C@H](N)Cc1ccccc1F. The van der Waals surface area contributed by atoms with E-state index >= 15 is 0 Å². The van der Waals surface area contributed by atoms with E-state index in [-0.39, 0.29) is 18.2 Å². The molecule has 0 spiro atoms. The Hall–Kier alpha value is -1.42. The van der Waals surface area contributed by atoms with E-state index in [2.05, 4.69) is 4.74 Å². The summed E-state index contributed by atoms with van der Waals surface area (Å²) >= 11 is 0. The van der Waals surface area contributed by atoms with Crippen molar-refractivity contribution < 1.29 is 13.9 Å². The van der Waals surface area contributed by atoms with Crippen molar-refractivity contribution in [2.75, 3.05) is 7.11 Å². The van der Waals surface area contributed by atoms with Crippen molar-refractivity contribution in [3.63, 3.8) is 0 Å². The number of methoxy groups -OCH3 is 1. The lowest BCUT2D eigenvalue weighted by atomic mass is 10.0. The maximum Gasteiger partial charge on any atom is 0.307 e. The number of carbonyl (C=O) groups is 1. The van der Waals surface area contributed by atoms with Crippen LogP contribution in [0.3, 0.4) is 0 Å². The van der Waals surface area contributed by atoms with Crippen LogP contribution in [-0.2, 0) is 16.0 Å². The van der Waals surface area contributed by atoms with Crippen LogP contribution in [0, 0.1) is 5.82 Å². The van der Waals surface area contributed by atoms with Crippen molar-refractivity contribution in [1.29, 1.82) is 0 Å². The second-order valence-corrected chi connectivity index (χ2v) is 3.34. The highest BCUT2D eigenvalue weighted by Gasteiger charge is 2.12. The molecule has 15 heavy (non-hydrogen) atoms. The first-order valence-electron chi connectivity index (χ1n) is 4.69. The zero-order chi connectivity index (χ0) is 11.3. The maximum absolute atomic E-state index is 13.2. The number of rotatable bonds is 4. The summed E-state index contributed by atoms with van der Waals surface area (Å²) in [4.78, 5) is 10.9. The molecule has 0 amide bonds. The fraction of sp³-hybridized carbons (Fsp3) is 0.364. The van der Waals surface area contributed by atoms with Crippen LogP contribution >= 0.6 is 0 Å². The van der Waals surface area contributed by atoms with Crippen molar-refractivity contribution in [3.05, 3.63) is 35.6 Å². The van der Waals surface area contributed by atoms with Gasteiger partial charge in [-0.05, 0) is 18.1 Å². The van der Waals surface area contributed by atoms with Crippen LogP contribution in [0.4, 0.5) is 4.39 Å². The minimum atomic E-state index is -0.408. The molecule has 1 aromatic carbocycles. The Morgan fingerprint density at radius 3 is 2.80 bits per heavy atom. The summed E-state index contributed by atoms with van der Waals surface area (Å²) in [6, 6.07) is 5.98. The molecule has 0 bridgehead atoms. The minimum absolute atomic E-state index is 0.102. The van der Waals surface area contributed by atoms with Gasteiger partial charge < -0.3 is 10.5 Å². The summed E-state index contributed by atoms with van der Waals surface area (Å²) in [6.07, 6.45) is 0.437. The molecule has 0 aliphatic carbocycles. The summed E-state index contributed by atoms with van der Waals surface area (Å²) in [6.45, 7) is 0. The molecule has 0 fully saturated rings. The molecular weight excluding hydrogens is 197 g/mol. The molecule has 0 unspecified atom stereocenters. The van der Waals surface area contributed by atoms with Gasteiger partial charge in [-0.25, -0.2) is 4.39 Å². The molecule has 0 aliphatic heterocycles. The molecule has 1 aromatic rings. The second-order valence-electron chi connectivity index (χ2n) is 3.34. The van der Waals surface area contributed by atoms with Gasteiger partial charge in [-0.1, -0.05) is 18.2 Å². The smallest absolute Gasteiger partial charge is 0.307 e. The van der Waals surface area contributed by atoms with Crippen LogP contribution in [0.1, 0.15) is 12.0 Å². The quantitative estimate of drug-likeness (QED) is 0.763. The molecule has 1 atom stereocenters. The first kappa shape index (κ1) is 11.7. The van der Waals surface area contributed by atoms with E-state index in [0.717, 1.165) is 0 Å². The van der Waals surface area contributed by atoms with Gasteiger partial charge in [0.2, 0.25) is 0 Å². The summed E-state index contributed by atoms with van der Waals surface area (Å²) in [5, 5.41) is 0. The predicted octanol–water partition coefficient (Wildman–Crippen LogP) is 1.26. The molecule has 82 valence electrons. The van der Waals surface area contributed by atoms with Crippen molar-refractivity contribution in [1.82, 2.24) is 0 Å². The monoisotopic (exact) mass is 211 g/mol. The topological polar surface area (TPSA) is 52.3 Å². The highest BCUT2D eigenvalue weighted by atomic mass is 19.1. The summed E-state index contributed by atoms with van der Waals surface area (Å²) in [5.41, 5.74) is 6.21. The average Bonchev–Trinajstić information content (AvgIpc) is 2.21. The molecule has 0 saturated carbocycles. The third-order valence-electron chi connectivity index (χ3n) is 2.10. The van der Waals surface area contributed by atoms with Gasteiger partial charge in [0.15, 0.2) is 0 Å². The van der Waals surface area contributed by atoms with Crippen molar-refractivity contribution in [3.8, 4) is 0 Å². The minimum Gasteiger partial charge on any atom is -0.469 e. The van der Waals surface area contributed by atoms with E-state index in [0.29, 0.717) is 12.0 Å². The zero-order valence-corrected chi connectivity index (χ0v) is 8.57. The summed E-state index contributed by atoms with van der Waals surface area (Å²) in [5.74, 6) is -0.670. The van der Waals surface area contributed by atoms with Gasteiger partial charge in [0.05, 0.1) is 13.5 Å². The molecule has 2 N–H and O–H groups in total. The molecular formula is C11H14FNO2. The van der Waals surface area contributed by atoms with Gasteiger partial charge in [-0.2, -0.15) is 0 Å². The number of nitrogens with two attached hydrogens (primary N) is 1. The van der Waals surface area contributed by atoms with E-state index < -0.39 is 6.04 Å². The van der Waals surface area contributed by atoms with E-state index in [1.165, 1.54) is 13.2 Å². The first-order valence-corrected chi connectivity index (χ1v) is 4.69. The van der Waals surface area contributed by atoms with Gasteiger partial charge in [0.25, 0.3) is 0 Å². The Morgan fingerprint density at radius 2 is 2.20 bits per heavy atom. The Labute approximate surface area is 88.0 Å². The number of carbonyl (C=O) groups excluding carboxylic acids is 1. The van der Waals surface area contributed by atoms with Crippen molar-refractivity contribution in [2.24, 2.45) is 5.73 Å². The number of hydrogen-bond acceptors (Lipinski definition) is 3. The lowest BCUT2D eigenvalue weighted by Gasteiger charge is -2.10. The van der Waals surface area contributed by atoms with E-state index in [4.69, 9.17) is 5.73 Å². The van der Waals surface area contributed by atoms with Crippen molar-refractivity contribution >= 4 is 5.97 Å². The van der Waals surface area contributed by atoms with E-state index in [1.54, 1.807) is 18.2 Å². The highest BCUT2D eigenvalue weighted by molar-refractivity contribution is 5.69. The number of hydrogen-bond donors (Lipinski definition) is 1. The Balaban J connectivity index is 2.55. The summed E-state index contributed by atoms with van der Waals surface area (Å²) < 4.78 is 17.7. The maximum atomic E-state index is 13.2. The molecule has 0 radical (unpaired) electrons. The molecule has 0 aliphatic rings. The molecule has 1 rings (SSSR count). The molecule has 0 aromatic heterocycles. The Bertz CT molecular complexity index is 341. The predicted molar refractivity (Wildman–Crippen MR) is 54.7 cm³/mol. The van der Waals surface area contributed by atoms with Crippen LogP contribution in [0.25, 0.3) is 0 Å². The molecule has 3 nitrogen and oxygen atoms in total. The number of esters is 1. The zero-order valence-electron chi connectivity index (χ0n) is 8.57. The largest absolute Gasteiger partial charge is 0.469 e. The lowest BCUT2D eigenvalue weighted by Crippen LogP contribution is -2.27. The third kappa shape index (κ3) is 3.67. The number of ether oxygens (including phenoxy) is 1. The first-order chi connectivity index (χ1) is 7.13. The van der Waals surface area contributed by atoms with Gasteiger partial charge in [0, 0.05) is 6.04 Å². The fourth-order valence-corrected chi connectivity index (χ4v) is 1.32. The van der Waals surface area contributed by atoms with Crippen LogP contribution < -0.4 is 5.73 Å². The van der Waals surface area contributed by atoms with Gasteiger partial charge in [-0.15, -0.1) is 0 Å². The van der Waals surface area contributed by atoms with Gasteiger partial charge in [0.1, 0.15) is 5.82 Å². The Kier molecular flexibility index (Phi) is 4.24. The molecule has 0 heterocycles. The van der Waals surface area contributed by atoms with Gasteiger partial charge in [-0.3, -0.25) is 4.79 Å². The molecule has 4 heteroatoms. The average molecular weight is 211 g/mol. The van der Waals surface area contributed by atoms with Crippen LogP contribution in [-0.4, -0.2) is 19.1 Å². The second kappa shape index (κ2) is 5.46. The normalized spacial score (nSPS) is 12.2. The van der Waals surface area contributed by atoms with Crippen LogP contribution in [0.5, 0.6) is 0 Å². The highest BCUT2D eigenvalue weighted by Crippen LogP contribution is 2.09. The van der Waals surface area contributed by atoms with E-state index in [9.17, 15) is 9.18 Å². The van der Waals surface area contributed by atoms with Crippen LogP contribution in [0.15, 0.2) is 24.3 Å². The van der Waals surface area contributed by atoms with Crippen molar-refractivity contribution in [2.45, 2.75) is 18.9 Å². The fourth-order valence-electron chi connectivity index (χ4n) is 1.32. The molecule has 0 saturated heterocycles. The van der Waals surface area contributed by atoms with E-state index in [1.807, 2.05) is 0 Å². The summed E-state index contributed by atoms with van der Waals surface area (Å²) in [7, 11) is 1.30.